The van der Waals surface area contributed by atoms with Gasteiger partial charge in [0, 0.05) is 31.4 Å². The second-order valence-corrected chi connectivity index (χ2v) is 5.46. The summed E-state index contributed by atoms with van der Waals surface area (Å²) >= 11 is 3.29. The Morgan fingerprint density at radius 2 is 2.06 bits per heavy atom. The highest BCUT2D eigenvalue weighted by Gasteiger charge is 2.39. The van der Waals surface area contributed by atoms with Crippen LogP contribution in [0.15, 0.2) is 16.9 Å². The van der Waals surface area contributed by atoms with Gasteiger partial charge in [0.25, 0.3) is 0 Å². The van der Waals surface area contributed by atoms with Gasteiger partial charge in [-0.3, -0.25) is 4.79 Å². The van der Waals surface area contributed by atoms with E-state index in [0.717, 1.165) is 23.9 Å². The zero-order chi connectivity index (χ0) is 11.8. The number of aromatic nitrogens is 2. The molecule has 1 aromatic rings. The number of amides is 1. The summed E-state index contributed by atoms with van der Waals surface area (Å²) in [6.45, 7) is 0.781. The molecule has 1 atom stereocenters. The zero-order valence-electron chi connectivity index (χ0n) is 9.27. The molecule has 1 saturated heterocycles. The van der Waals surface area contributed by atoms with Crippen molar-refractivity contribution in [1.29, 1.82) is 0 Å². The number of anilines is 1. The first-order valence-corrected chi connectivity index (χ1v) is 6.55. The number of hydrogen-bond donors (Lipinski definition) is 1. The van der Waals surface area contributed by atoms with Gasteiger partial charge < -0.3 is 10.2 Å². The SMILES string of the molecule is O=C1CC(Nc2ncc(Br)cn2)CN1C1CC1. The van der Waals surface area contributed by atoms with Crippen LogP contribution in [0.4, 0.5) is 5.95 Å². The third-order valence-electron chi connectivity index (χ3n) is 3.10. The predicted molar refractivity (Wildman–Crippen MR) is 66.5 cm³/mol. The quantitative estimate of drug-likeness (QED) is 0.916. The number of carbonyl (C=O) groups excluding carboxylic acids is 1. The van der Waals surface area contributed by atoms with E-state index in [1.165, 1.54) is 0 Å². The predicted octanol–water partition coefficient (Wildman–Crippen LogP) is 1.41. The van der Waals surface area contributed by atoms with Crippen LogP contribution in [0.3, 0.4) is 0 Å². The lowest BCUT2D eigenvalue weighted by Gasteiger charge is -2.15. The standard InChI is InChI=1S/C11H13BrN4O/c12-7-4-13-11(14-5-7)15-8-3-10(17)16(6-8)9-1-2-9/h4-5,8-9H,1-3,6H2,(H,13,14,15). The highest BCUT2D eigenvalue weighted by Crippen LogP contribution is 2.31. The van der Waals surface area contributed by atoms with E-state index in [-0.39, 0.29) is 11.9 Å². The van der Waals surface area contributed by atoms with Crippen molar-refractivity contribution in [3.05, 3.63) is 16.9 Å². The van der Waals surface area contributed by atoms with Gasteiger partial charge in [0.2, 0.25) is 11.9 Å². The minimum Gasteiger partial charge on any atom is -0.349 e. The molecule has 1 unspecified atom stereocenters. The van der Waals surface area contributed by atoms with Gasteiger partial charge in [-0.25, -0.2) is 9.97 Å². The van der Waals surface area contributed by atoms with E-state index < -0.39 is 0 Å². The van der Waals surface area contributed by atoms with E-state index in [9.17, 15) is 4.79 Å². The molecule has 0 aromatic carbocycles. The highest BCUT2D eigenvalue weighted by molar-refractivity contribution is 9.10. The monoisotopic (exact) mass is 296 g/mol. The summed E-state index contributed by atoms with van der Waals surface area (Å²) in [6.07, 6.45) is 6.27. The average Bonchev–Trinajstić information content (AvgIpc) is 3.08. The fourth-order valence-electron chi connectivity index (χ4n) is 2.14. The normalized spacial score (nSPS) is 24.2. The van der Waals surface area contributed by atoms with Gasteiger partial charge in [0.15, 0.2) is 0 Å². The van der Waals surface area contributed by atoms with Crippen molar-refractivity contribution in [3.63, 3.8) is 0 Å². The van der Waals surface area contributed by atoms with Gasteiger partial charge in [-0.2, -0.15) is 0 Å². The first-order valence-electron chi connectivity index (χ1n) is 5.76. The molecular formula is C11H13BrN4O. The molecule has 17 heavy (non-hydrogen) atoms. The van der Waals surface area contributed by atoms with Crippen molar-refractivity contribution < 1.29 is 4.79 Å². The molecule has 3 rings (SSSR count). The van der Waals surface area contributed by atoms with Crippen molar-refractivity contribution in [1.82, 2.24) is 14.9 Å². The maximum atomic E-state index is 11.7. The summed E-state index contributed by atoms with van der Waals surface area (Å²) < 4.78 is 0.852. The third kappa shape index (κ3) is 2.41. The van der Waals surface area contributed by atoms with E-state index >= 15 is 0 Å². The number of hydrogen-bond acceptors (Lipinski definition) is 4. The van der Waals surface area contributed by atoms with Crippen LogP contribution in [-0.2, 0) is 4.79 Å². The lowest BCUT2D eigenvalue weighted by molar-refractivity contribution is -0.128. The maximum absolute atomic E-state index is 11.7. The van der Waals surface area contributed by atoms with Crippen LogP contribution in [0, 0.1) is 0 Å². The van der Waals surface area contributed by atoms with Crippen LogP contribution >= 0.6 is 15.9 Å². The molecule has 2 heterocycles. The maximum Gasteiger partial charge on any atom is 0.225 e. The van der Waals surface area contributed by atoms with E-state index in [1.54, 1.807) is 12.4 Å². The smallest absolute Gasteiger partial charge is 0.225 e. The molecule has 1 aromatic heterocycles. The fourth-order valence-corrected chi connectivity index (χ4v) is 2.34. The zero-order valence-corrected chi connectivity index (χ0v) is 10.9. The molecule has 0 radical (unpaired) electrons. The molecule has 1 saturated carbocycles. The van der Waals surface area contributed by atoms with Gasteiger partial charge in [0.1, 0.15) is 0 Å². The molecule has 1 aliphatic heterocycles. The van der Waals surface area contributed by atoms with Gasteiger partial charge in [-0.05, 0) is 28.8 Å². The Morgan fingerprint density at radius 3 is 2.71 bits per heavy atom. The van der Waals surface area contributed by atoms with Crippen molar-refractivity contribution in [2.75, 3.05) is 11.9 Å². The number of nitrogens with zero attached hydrogens (tertiary/aromatic N) is 3. The average molecular weight is 297 g/mol. The van der Waals surface area contributed by atoms with Crippen LogP contribution in [0.1, 0.15) is 19.3 Å². The first-order chi connectivity index (χ1) is 8.22. The van der Waals surface area contributed by atoms with Crippen molar-refractivity contribution in [2.45, 2.75) is 31.3 Å². The van der Waals surface area contributed by atoms with Crippen molar-refractivity contribution >= 4 is 27.8 Å². The molecular weight excluding hydrogens is 284 g/mol. The van der Waals surface area contributed by atoms with Crippen molar-refractivity contribution in [2.24, 2.45) is 0 Å². The van der Waals surface area contributed by atoms with Crippen LogP contribution in [0.5, 0.6) is 0 Å². The summed E-state index contributed by atoms with van der Waals surface area (Å²) in [5.74, 6) is 0.839. The molecule has 2 fully saturated rings. The van der Waals surface area contributed by atoms with Gasteiger partial charge in [-0.1, -0.05) is 0 Å². The largest absolute Gasteiger partial charge is 0.349 e. The molecule has 0 spiro atoms. The number of carbonyl (C=O) groups is 1. The Hall–Kier alpha value is -1.17. The molecule has 0 bridgehead atoms. The van der Waals surface area contributed by atoms with Gasteiger partial charge in [-0.15, -0.1) is 0 Å². The van der Waals surface area contributed by atoms with Gasteiger partial charge >= 0.3 is 0 Å². The molecule has 1 aliphatic carbocycles. The summed E-state index contributed by atoms with van der Waals surface area (Å²) in [5.41, 5.74) is 0. The summed E-state index contributed by atoms with van der Waals surface area (Å²) in [6, 6.07) is 0.643. The van der Waals surface area contributed by atoms with Crippen LogP contribution in [0.2, 0.25) is 0 Å². The van der Waals surface area contributed by atoms with Crippen LogP contribution < -0.4 is 5.32 Å². The topological polar surface area (TPSA) is 58.1 Å². The van der Waals surface area contributed by atoms with Crippen LogP contribution in [-0.4, -0.2) is 39.4 Å². The van der Waals surface area contributed by atoms with E-state index in [0.29, 0.717) is 18.4 Å². The Labute approximate surface area is 108 Å². The minimum absolute atomic E-state index is 0.143. The van der Waals surface area contributed by atoms with Crippen LogP contribution in [0.25, 0.3) is 0 Å². The summed E-state index contributed by atoms with van der Waals surface area (Å²) in [7, 11) is 0. The summed E-state index contributed by atoms with van der Waals surface area (Å²) in [4.78, 5) is 22.0. The molecule has 90 valence electrons. The molecule has 5 nitrogen and oxygen atoms in total. The van der Waals surface area contributed by atoms with E-state index in [2.05, 4.69) is 31.2 Å². The Kier molecular flexibility index (Phi) is 2.74. The Bertz CT molecular complexity index is 432. The Balaban J connectivity index is 1.62. The second-order valence-electron chi connectivity index (χ2n) is 4.55. The summed E-state index contributed by atoms with van der Waals surface area (Å²) in [5, 5.41) is 3.21. The number of halogens is 1. The number of nitrogens with one attached hydrogen (secondary N) is 1. The molecule has 1 amide bonds. The molecule has 1 N–H and O–H groups in total. The first kappa shape index (κ1) is 11.0. The Morgan fingerprint density at radius 1 is 1.35 bits per heavy atom. The van der Waals surface area contributed by atoms with E-state index in [4.69, 9.17) is 0 Å². The lowest BCUT2D eigenvalue weighted by atomic mass is 10.3. The fraction of sp³-hybridized carbons (Fsp3) is 0.545. The third-order valence-corrected chi connectivity index (χ3v) is 3.51. The lowest BCUT2D eigenvalue weighted by Crippen LogP contribution is -2.30. The second kappa shape index (κ2) is 4.25. The molecule has 2 aliphatic rings. The number of rotatable bonds is 3. The van der Waals surface area contributed by atoms with Gasteiger partial charge in [0.05, 0.1) is 10.5 Å². The minimum atomic E-state index is 0.143. The van der Waals surface area contributed by atoms with E-state index in [1.807, 2.05) is 4.90 Å². The van der Waals surface area contributed by atoms with Crippen molar-refractivity contribution in [3.8, 4) is 0 Å². The molecule has 6 heteroatoms. The highest BCUT2D eigenvalue weighted by atomic mass is 79.9. The number of likely N-dealkylation sites (tertiary alicyclic amines) is 1.